The fourth-order valence-corrected chi connectivity index (χ4v) is 0. The molecule has 0 atom stereocenters. The molecule has 0 unspecified atom stereocenters. The van der Waals surface area contributed by atoms with Crippen molar-refractivity contribution < 1.29 is 34.3 Å². The van der Waals surface area contributed by atoms with Gasteiger partial charge in [-0.25, -0.2) is 0 Å². The minimum atomic E-state index is -9.14. The van der Waals surface area contributed by atoms with Crippen molar-refractivity contribution >= 4 is 7.16 Å². The average Bonchev–Trinajstić information content (AvgIpc) is 1.30. The van der Waals surface area contributed by atoms with E-state index in [4.69, 9.17) is 0 Å². The van der Waals surface area contributed by atoms with E-state index < -0.39 is 20.8 Å². The second-order valence-electron chi connectivity index (χ2n) is 1.38. The zero-order valence-electron chi connectivity index (χ0n) is 3.47. The van der Waals surface area contributed by atoms with Gasteiger partial charge in [-0.3, -0.25) is 0 Å². The molecule has 8 heavy (non-hydrogen) atoms. The van der Waals surface area contributed by atoms with Crippen molar-refractivity contribution in [3.8, 4) is 0 Å². The zero-order chi connectivity index (χ0) is 7.12. The van der Waals surface area contributed by atoms with Crippen LogP contribution < -0.4 is 0 Å². The summed E-state index contributed by atoms with van der Waals surface area (Å²) in [5.74, 6) is 0. The van der Waals surface area contributed by atoms with Crippen molar-refractivity contribution in [2.75, 3.05) is 0 Å². The first kappa shape index (κ1) is 7.76. The van der Waals surface area contributed by atoms with Crippen molar-refractivity contribution in [2.45, 2.75) is 0 Å². The maximum absolute atomic E-state index is 9.33. The predicted molar refractivity (Wildman–Crippen MR) is 11.3 cm³/mol. The topological polar surface area (TPSA) is 102 Å². The van der Waals surface area contributed by atoms with E-state index in [9.17, 15) is 20.7 Å². The zero-order valence-corrected chi connectivity index (χ0v) is 7.84. The van der Waals surface area contributed by atoms with Crippen LogP contribution in [-0.2, 0) is 34.3 Å². The maximum atomic E-state index is 9.33. The molecule has 0 saturated heterocycles. The van der Waals surface area contributed by atoms with Crippen LogP contribution in [0.4, 0.5) is 0 Å². The van der Waals surface area contributed by atoms with Crippen LogP contribution in [-0.4, -0.2) is 7.16 Å². The molecule has 0 saturated carbocycles. The Kier molecular flexibility index (Phi) is 0.875. The van der Waals surface area contributed by atoms with E-state index in [1.165, 1.54) is 0 Å². The molecule has 0 fully saturated rings. The van der Waals surface area contributed by atoms with E-state index in [1.54, 1.807) is 0 Å². The van der Waals surface area contributed by atoms with E-state index in [0.717, 1.165) is 0 Å². The second-order valence-corrected chi connectivity index (χ2v) is 21.6. The van der Waals surface area contributed by atoms with Gasteiger partial charge in [0.15, 0.2) is 0 Å². The molecule has 0 radical (unpaired) electrons. The molecule has 6 nitrogen and oxygen atoms in total. The Morgan fingerprint density at radius 3 is 1.00 bits per heavy atom. The van der Waals surface area contributed by atoms with Crippen molar-refractivity contribution in [2.24, 2.45) is 0 Å². The van der Waals surface area contributed by atoms with Crippen molar-refractivity contribution in [1.29, 1.82) is 0 Å². The van der Waals surface area contributed by atoms with E-state index in [1.807, 2.05) is 0 Å². The molecule has 0 aromatic heterocycles. The summed E-state index contributed by atoms with van der Waals surface area (Å²) < 4.78 is 55.9. The van der Waals surface area contributed by atoms with Gasteiger partial charge in [-0.15, -0.1) is 0 Å². The van der Waals surface area contributed by atoms with Crippen LogP contribution in [0.5, 0.6) is 0 Å². The SMILES string of the molecule is O=[SiH][Ta](=[O])(=[O])(=[O])(=[O])=[O]. The molecule has 0 aliphatic rings. The van der Waals surface area contributed by atoms with Gasteiger partial charge >= 0.3 is 41.5 Å². The fourth-order valence-electron chi connectivity index (χ4n) is 0. The summed E-state index contributed by atoms with van der Waals surface area (Å²) in [6.45, 7) is 0. The molecular formula is HO6SiTa. The van der Waals surface area contributed by atoms with Gasteiger partial charge < -0.3 is 0 Å². The first-order chi connectivity index (χ1) is 3.04. The van der Waals surface area contributed by atoms with E-state index >= 15 is 0 Å². The van der Waals surface area contributed by atoms with Gasteiger partial charge in [0.25, 0.3) is 0 Å². The second kappa shape index (κ2) is 0.902. The Morgan fingerprint density at radius 1 is 0.875 bits per heavy atom. The van der Waals surface area contributed by atoms with Crippen LogP contribution in [0, 0.1) is 0 Å². The van der Waals surface area contributed by atoms with E-state index in [-0.39, 0.29) is 0 Å². The summed E-state index contributed by atoms with van der Waals surface area (Å²) in [7, 11) is -3.31. The van der Waals surface area contributed by atoms with Gasteiger partial charge in [-0.1, -0.05) is 0 Å². The molecule has 0 aromatic carbocycles. The third kappa shape index (κ3) is 5.76. The normalized spacial score (nSPS) is 11.5. The molecule has 0 amide bonds. The molecule has 8 heteroatoms. The Bertz CT molecular complexity index is 428. The monoisotopic (exact) mass is 306 g/mol. The summed E-state index contributed by atoms with van der Waals surface area (Å²) in [6.07, 6.45) is 0. The summed E-state index contributed by atoms with van der Waals surface area (Å²) in [4.78, 5) is 0. The molecule has 0 aliphatic heterocycles. The Labute approximate surface area is 41.9 Å². The minimum absolute atomic E-state index is 3.31. The quantitative estimate of drug-likeness (QED) is 0.554. The van der Waals surface area contributed by atoms with E-state index in [0.29, 0.717) is 0 Å². The molecule has 46 valence electrons. The number of rotatable bonds is 1. The Hall–Kier alpha value is -0.243. The first-order valence-electron chi connectivity index (χ1n) is 1.41. The van der Waals surface area contributed by atoms with Crippen LogP contribution >= 0.6 is 0 Å². The van der Waals surface area contributed by atoms with Crippen LogP contribution in [0.2, 0.25) is 0 Å². The van der Waals surface area contributed by atoms with Gasteiger partial charge in [-0.2, -0.15) is 0 Å². The number of hydrogen-bond donors (Lipinski definition) is 0. The van der Waals surface area contributed by atoms with Crippen LogP contribution in [0.25, 0.3) is 0 Å². The van der Waals surface area contributed by atoms with Gasteiger partial charge in [0.1, 0.15) is 0 Å². The van der Waals surface area contributed by atoms with E-state index in [2.05, 4.69) is 0 Å². The molecule has 0 aromatic rings. The summed E-state index contributed by atoms with van der Waals surface area (Å²) in [6, 6.07) is 0. The third-order valence-corrected chi connectivity index (χ3v) is 5.28. The van der Waals surface area contributed by atoms with Gasteiger partial charge in [0.05, 0.1) is 0 Å². The molecule has 0 aliphatic carbocycles. The van der Waals surface area contributed by atoms with Crippen molar-refractivity contribution in [1.82, 2.24) is 0 Å². The standard InChI is InChI=1S/HOSi.5O.Ta/c1-2;;;;;;/h2H;;;;;;. The Morgan fingerprint density at radius 2 is 1.00 bits per heavy atom. The molecule has 0 bridgehead atoms. The fraction of sp³-hybridized carbons (Fsp3) is 0. The van der Waals surface area contributed by atoms with Crippen LogP contribution in [0.1, 0.15) is 0 Å². The summed E-state index contributed by atoms with van der Waals surface area (Å²) >= 11 is -9.14. The molecule has 0 spiro atoms. The van der Waals surface area contributed by atoms with Crippen molar-refractivity contribution in [3.63, 3.8) is 0 Å². The van der Waals surface area contributed by atoms with Gasteiger partial charge in [0, 0.05) is 0 Å². The van der Waals surface area contributed by atoms with Gasteiger partial charge in [0.2, 0.25) is 0 Å². The average molecular weight is 306 g/mol. The number of hydrogen-bond acceptors (Lipinski definition) is 6. The first-order valence-corrected chi connectivity index (χ1v) is 14.5. The van der Waals surface area contributed by atoms with Crippen LogP contribution in [0.15, 0.2) is 0 Å². The molecule has 0 rings (SSSR count). The summed E-state index contributed by atoms with van der Waals surface area (Å²) in [5.41, 5.74) is 0. The predicted octanol–water partition coefficient (Wildman–Crippen LogP) is -1.36. The Balaban J connectivity index is 7.25. The molecule has 0 N–H and O–H groups in total. The third-order valence-electron chi connectivity index (χ3n) is 0.215. The molecule has 0 heterocycles. The van der Waals surface area contributed by atoms with Crippen LogP contribution in [0.3, 0.4) is 0 Å². The van der Waals surface area contributed by atoms with Crippen molar-refractivity contribution in [3.05, 3.63) is 0 Å². The molecular weight excluding hydrogens is 305 g/mol. The van der Waals surface area contributed by atoms with Gasteiger partial charge in [-0.05, 0) is 0 Å². The summed E-state index contributed by atoms with van der Waals surface area (Å²) in [5, 5.41) is 0.